The summed E-state index contributed by atoms with van der Waals surface area (Å²) in [7, 11) is 1.60. The van der Waals surface area contributed by atoms with Crippen molar-refractivity contribution < 1.29 is 19.4 Å². The fourth-order valence-electron chi connectivity index (χ4n) is 2.13. The highest BCUT2D eigenvalue weighted by Crippen LogP contribution is 2.25. The lowest BCUT2D eigenvalue weighted by Gasteiger charge is -2.30. The maximum atomic E-state index is 11.8. The van der Waals surface area contributed by atoms with E-state index >= 15 is 0 Å². The number of aliphatic carboxylic acids is 1. The largest absolute Gasteiger partial charge is 0.480 e. The predicted molar refractivity (Wildman–Crippen MR) is 76.7 cm³/mol. The Kier molecular flexibility index (Phi) is 7.22. The minimum atomic E-state index is -1.11. The summed E-state index contributed by atoms with van der Waals surface area (Å²) in [5, 5.41) is 12.8. The highest BCUT2D eigenvalue weighted by molar-refractivity contribution is 5.80. The number of methoxy groups -OCH3 is 1. The summed E-state index contributed by atoms with van der Waals surface area (Å²) in [5.41, 5.74) is -0.368. The molecule has 1 aromatic rings. The molecule has 0 heterocycles. The molecule has 0 saturated heterocycles. The summed E-state index contributed by atoms with van der Waals surface area (Å²) in [6.07, 6.45) is 0.365. The zero-order chi connectivity index (χ0) is 14.8. The molecule has 0 bridgehead atoms. The van der Waals surface area contributed by atoms with E-state index in [1.54, 1.807) is 7.11 Å². The molecule has 0 fully saturated rings. The lowest BCUT2D eigenvalue weighted by atomic mass is 9.86. The van der Waals surface area contributed by atoms with Crippen molar-refractivity contribution in [2.24, 2.45) is 0 Å². The first-order valence-corrected chi connectivity index (χ1v) is 6.78. The molecule has 5 nitrogen and oxygen atoms in total. The van der Waals surface area contributed by atoms with Crippen molar-refractivity contribution in [3.63, 3.8) is 0 Å². The monoisotopic (exact) mass is 281 g/mol. The number of benzene rings is 1. The Morgan fingerprint density at radius 2 is 1.95 bits per heavy atom. The van der Waals surface area contributed by atoms with Crippen molar-refractivity contribution in [3.8, 4) is 0 Å². The van der Waals surface area contributed by atoms with Crippen LogP contribution < -0.4 is 5.32 Å². The first-order chi connectivity index (χ1) is 9.67. The van der Waals surface area contributed by atoms with E-state index < -0.39 is 11.5 Å². The van der Waals surface area contributed by atoms with Gasteiger partial charge in [0, 0.05) is 20.1 Å². The summed E-state index contributed by atoms with van der Waals surface area (Å²) in [4.78, 5) is 11.8. The minimum absolute atomic E-state index is 0.359. The van der Waals surface area contributed by atoms with Crippen LogP contribution in [0, 0.1) is 0 Å². The van der Waals surface area contributed by atoms with Crippen LogP contribution in [0.25, 0.3) is 0 Å². The first kappa shape index (κ1) is 16.6. The standard InChI is InChI=1S/C15H23NO4/c1-3-16-15(14(17)18,9-10-20-12-11-19-2)13-7-5-4-6-8-13/h4-8,16H,3,9-12H2,1-2H3,(H,17,18). The number of hydrogen-bond donors (Lipinski definition) is 2. The van der Waals surface area contributed by atoms with Crippen molar-refractivity contribution in [3.05, 3.63) is 35.9 Å². The second kappa shape index (κ2) is 8.68. The maximum Gasteiger partial charge on any atom is 0.328 e. The predicted octanol–water partition coefficient (Wildman–Crippen LogP) is 1.63. The lowest BCUT2D eigenvalue weighted by Crippen LogP contribution is -2.50. The molecular formula is C15H23NO4. The molecule has 1 atom stereocenters. The molecule has 0 aliphatic rings. The van der Waals surface area contributed by atoms with Gasteiger partial charge in [-0.1, -0.05) is 37.3 Å². The molecule has 0 radical (unpaired) electrons. The van der Waals surface area contributed by atoms with Gasteiger partial charge in [-0.25, -0.2) is 4.79 Å². The first-order valence-electron chi connectivity index (χ1n) is 6.78. The Morgan fingerprint density at radius 1 is 1.25 bits per heavy atom. The van der Waals surface area contributed by atoms with Crippen molar-refractivity contribution in [1.82, 2.24) is 5.32 Å². The van der Waals surface area contributed by atoms with Crippen LogP contribution >= 0.6 is 0 Å². The van der Waals surface area contributed by atoms with Gasteiger partial charge in [-0.05, 0) is 12.1 Å². The Morgan fingerprint density at radius 3 is 2.50 bits per heavy atom. The molecule has 0 aliphatic carbocycles. The van der Waals surface area contributed by atoms with E-state index in [9.17, 15) is 9.90 Å². The van der Waals surface area contributed by atoms with Gasteiger partial charge in [-0.15, -0.1) is 0 Å². The number of rotatable bonds is 10. The van der Waals surface area contributed by atoms with Crippen LogP contribution in [0.4, 0.5) is 0 Å². The summed E-state index contributed by atoms with van der Waals surface area (Å²) in [6.45, 7) is 3.79. The van der Waals surface area contributed by atoms with Crippen LogP contribution in [0.15, 0.2) is 30.3 Å². The third kappa shape index (κ3) is 4.30. The molecule has 0 aromatic heterocycles. The van der Waals surface area contributed by atoms with Crippen LogP contribution in [0.3, 0.4) is 0 Å². The minimum Gasteiger partial charge on any atom is -0.480 e. The maximum absolute atomic E-state index is 11.8. The van der Waals surface area contributed by atoms with E-state index in [-0.39, 0.29) is 0 Å². The lowest BCUT2D eigenvalue weighted by molar-refractivity contribution is -0.146. The SMILES string of the molecule is CCNC(CCOCCOC)(C(=O)O)c1ccccc1. The summed E-state index contributed by atoms with van der Waals surface area (Å²) < 4.78 is 10.3. The van der Waals surface area contributed by atoms with Crippen molar-refractivity contribution >= 4 is 5.97 Å². The molecule has 5 heteroatoms. The number of ether oxygens (including phenoxy) is 2. The quantitative estimate of drug-likeness (QED) is 0.638. The molecule has 2 N–H and O–H groups in total. The molecule has 112 valence electrons. The molecule has 0 saturated carbocycles. The smallest absolute Gasteiger partial charge is 0.328 e. The van der Waals surface area contributed by atoms with Crippen LogP contribution in [0.5, 0.6) is 0 Å². The normalized spacial score (nSPS) is 13.9. The number of nitrogens with one attached hydrogen (secondary N) is 1. The second-order valence-corrected chi connectivity index (χ2v) is 4.46. The molecule has 1 aromatic carbocycles. The molecule has 1 unspecified atom stereocenters. The van der Waals surface area contributed by atoms with Crippen LogP contribution in [0.2, 0.25) is 0 Å². The van der Waals surface area contributed by atoms with Crippen LogP contribution in [0.1, 0.15) is 18.9 Å². The highest BCUT2D eigenvalue weighted by atomic mass is 16.5. The number of carboxylic acid groups (broad SMARTS) is 1. The zero-order valence-corrected chi connectivity index (χ0v) is 12.1. The van der Waals surface area contributed by atoms with Gasteiger partial charge in [-0.2, -0.15) is 0 Å². The van der Waals surface area contributed by atoms with Gasteiger partial charge in [0.2, 0.25) is 0 Å². The zero-order valence-electron chi connectivity index (χ0n) is 12.1. The summed E-state index contributed by atoms with van der Waals surface area (Å²) in [6, 6.07) is 9.21. The molecular weight excluding hydrogens is 258 g/mol. The van der Waals surface area contributed by atoms with Crippen LogP contribution in [-0.2, 0) is 19.8 Å². The molecule has 0 aliphatic heterocycles. The van der Waals surface area contributed by atoms with Gasteiger partial charge >= 0.3 is 5.97 Å². The number of hydrogen-bond acceptors (Lipinski definition) is 4. The number of carbonyl (C=O) groups is 1. The summed E-state index contributed by atoms with van der Waals surface area (Å²) >= 11 is 0. The Bertz CT molecular complexity index is 396. The Hall–Kier alpha value is -1.43. The number of carboxylic acids is 1. The molecule has 0 spiro atoms. The highest BCUT2D eigenvalue weighted by Gasteiger charge is 2.39. The topological polar surface area (TPSA) is 67.8 Å². The van der Waals surface area contributed by atoms with Gasteiger partial charge in [0.15, 0.2) is 0 Å². The van der Waals surface area contributed by atoms with Gasteiger partial charge < -0.3 is 14.6 Å². The van der Waals surface area contributed by atoms with Gasteiger partial charge in [0.1, 0.15) is 5.54 Å². The van der Waals surface area contributed by atoms with Gasteiger partial charge in [0.05, 0.1) is 13.2 Å². The summed E-state index contributed by atoms with van der Waals surface area (Å²) in [5.74, 6) is -0.888. The fraction of sp³-hybridized carbons (Fsp3) is 0.533. The van der Waals surface area contributed by atoms with E-state index in [1.807, 2.05) is 37.3 Å². The van der Waals surface area contributed by atoms with Gasteiger partial charge in [0.25, 0.3) is 0 Å². The van der Waals surface area contributed by atoms with E-state index in [0.29, 0.717) is 32.8 Å². The Balaban J connectivity index is 2.81. The van der Waals surface area contributed by atoms with E-state index in [2.05, 4.69) is 5.32 Å². The van der Waals surface area contributed by atoms with Crippen molar-refractivity contribution in [1.29, 1.82) is 0 Å². The third-order valence-electron chi connectivity index (χ3n) is 3.16. The average molecular weight is 281 g/mol. The van der Waals surface area contributed by atoms with E-state index in [0.717, 1.165) is 5.56 Å². The molecule has 20 heavy (non-hydrogen) atoms. The van der Waals surface area contributed by atoms with Crippen molar-refractivity contribution in [2.75, 3.05) is 33.5 Å². The van der Waals surface area contributed by atoms with E-state index in [4.69, 9.17) is 9.47 Å². The molecule has 0 amide bonds. The average Bonchev–Trinajstić information content (AvgIpc) is 2.46. The number of likely N-dealkylation sites (N-methyl/N-ethyl adjacent to an activating group) is 1. The van der Waals surface area contributed by atoms with Crippen LogP contribution in [-0.4, -0.2) is 44.6 Å². The third-order valence-corrected chi connectivity index (χ3v) is 3.16. The molecule has 1 rings (SSSR count). The Labute approximate surface area is 119 Å². The second-order valence-electron chi connectivity index (χ2n) is 4.46. The van der Waals surface area contributed by atoms with E-state index in [1.165, 1.54) is 0 Å². The fourth-order valence-corrected chi connectivity index (χ4v) is 2.13. The van der Waals surface area contributed by atoms with Gasteiger partial charge in [-0.3, -0.25) is 5.32 Å². The van der Waals surface area contributed by atoms with Crippen molar-refractivity contribution in [2.45, 2.75) is 18.9 Å².